The van der Waals surface area contributed by atoms with E-state index in [9.17, 15) is 10.1 Å². The summed E-state index contributed by atoms with van der Waals surface area (Å²) in [5.74, 6) is 0.117. The van der Waals surface area contributed by atoms with Crippen molar-refractivity contribution >= 4 is 51.6 Å². The average Bonchev–Trinajstić information content (AvgIpc) is 2.84. The normalized spacial score (nSPS) is 11.1. The first-order chi connectivity index (χ1) is 16.0. The van der Waals surface area contributed by atoms with Gasteiger partial charge in [-0.3, -0.25) is 4.79 Å². The molecule has 0 atom stereocenters. The van der Waals surface area contributed by atoms with Gasteiger partial charge in [-0.05, 0) is 52.2 Å². The van der Waals surface area contributed by atoms with Gasteiger partial charge in [-0.15, -0.1) is 0 Å². The van der Waals surface area contributed by atoms with Gasteiger partial charge in [-0.2, -0.15) is 5.26 Å². The molecular formula is C27H18Cl2N2O2. The van der Waals surface area contributed by atoms with Crippen LogP contribution in [0.2, 0.25) is 10.0 Å². The highest BCUT2D eigenvalue weighted by atomic mass is 35.5. The minimum atomic E-state index is -0.571. The Balaban J connectivity index is 1.45. The molecule has 0 unspecified atom stereocenters. The van der Waals surface area contributed by atoms with Crippen LogP contribution in [0.3, 0.4) is 0 Å². The van der Waals surface area contributed by atoms with Crippen molar-refractivity contribution in [3.63, 3.8) is 0 Å². The number of amides is 1. The number of nitriles is 1. The molecule has 0 spiro atoms. The fourth-order valence-electron chi connectivity index (χ4n) is 3.34. The molecule has 4 rings (SSSR count). The lowest BCUT2D eigenvalue weighted by molar-refractivity contribution is -0.112. The van der Waals surface area contributed by atoms with Crippen molar-refractivity contribution in [2.45, 2.75) is 6.61 Å². The molecule has 162 valence electrons. The largest absolute Gasteiger partial charge is 0.489 e. The number of hydrogen-bond donors (Lipinski definition) is 1. The van der Waals surface area contributed by atoms with Gasteiger partial charge >= 0.3 is 0 Å². The number of rotatable bonds is 6. The first-order valence-electron chi connectivity index (χ1n) is 10.1. The molecule has 4 nitrogen and oxygen atoms in total. The van der Waals surface area contributed by atoms with Gasteiger partial charge in [0.15, 0.2) is 0 Å². The first-order valence-corrected chi connectivity index (χ1v) is 10.9. The van der Waals surface area contributed by atoms with Crippen molar-refractivity contribution < 1.29 is 9.53 Å². The predicted octanol–water partition coefficient (Wildman–Crippen LogP) is 7.27. The van der Waals surface area contributed by atoms with Crippen molar-refractivity contribution in [1.82, 2.24) is 0 Å². The van der Waals surface area contributed by atoms with Crippen LogP contribution < -0.4 is 10.1 Å². The molecule has 33 heavy (non-hydrogen) atoms. The third kappa shape index (κ3) is 5.35. The van der Waals surface area contributed by atoms with Gasteiger partial charge < -0.3 is 10.1 Å². The third-order valence-electron chi connectivity index (χ3n) is 5.03. The van der Waals surface area contributed by atoms with E-state index in [0.29, 0.717) is 28.6 Å². The van der Waals surface area contributed by atoms with E-state index in [1.165, 1.54) is 11.5 Å². The van der Waals surface area contributed by atoms with Crippen LogP contribution in [0.4, 0.5) is 5.69 Å². The Labute approximate surface area is 201 Å². The molecule has 4 aromatic rings. The van der Waals surface area contributed by atoms with Gasteiger partial charge in [0, 0.05) is 0 Å². The van der Waals surface area contributed by atoms with Crippen LogP contribution in [0.15, 0.2) is 90.5 Å². The van der Waals surface area contributed by atoms with Crippen LogP contribution in [0.25, 0.3) is 16.8 Å². The summed E-state index contributed by atoms with van der Waals surface area (Å²) >= 11 is 12.1. The Morgan fingerprint density at radius 2 is 1.67 bits per heavy atom. The van der Waals surface area contributed by atoms with Gasteiger partial charge in [0.05, 0.1) is 15.7 Å². The molecule has 0 aliphatic heterocycles. The fourth-order valence-corrected chi connectivity index (χ4v) is 3.69. The first kappa shape index (κ1) is 22.4. The fraction of sp³-hybridized carbons (Fsp3) is 0.0370. The molecule has 0 fully saturated rings. The number of anilines is 1. The number of nitrogens with one attached hydrogen (secondary N) is 1. The summed E-state index contributed by atoms with van der Waals surface area (Å²) in [6.07, 6.45) is 1.50. The molecule has 0 aromatic heterocycles. The van der Waals surface area contributed by atoms with Crippen LogP contribution >= 0.6 is 23.2 Å². The molecular weight excluding hydrogens is 455 g/mol. The summed E-state index contributed by atoms with van der Waals surface area (Å²) in [6.45, 7) is 0.433. The quantitative estimate of drug-likeness (QED) is 0.237. The molecule has 0 aliphatic rings. The lowest BCUT2D eigenvalue weighted by Crippen LogP contribution is -2.13. The SMILES string of the molecule is N#C/C(=C\c1ccc(OCc2cccc3ccccc23)cc1)C(=O)Nc1cccc(Cl)c1Cl. The second-order valence-electron chi connectivity index (χ2n) is 7.22. The van der Waals surface area contributed by atoms with E-state index in [1.54, 1.807) is 42.5 Å². The van der Waals surface area contributed by atoms with E-state index in [-0.39, 0.29) is 10.6 Å². The van der Waals surface area contributed by atoms with E-state index < -0.39 is 5.91 Å². The van der Waals surface area contributed by atoms with Crippen molar-refractivity contribution in [2.75, 3.05) is 5.32 Å². The molecule has 0 bridgehead atoms. The van der Waals surface area contributed by atoms with Gasteiger partial charge in [0.25, 0.3) is 5.91 Å². The Morgan fingerprint density at radius 3 is 2.45 bits per heavy atom. The maximum atomic E-state index is 12.5. The smallest absolute Gasteiger partial charge is 0.266 e. The average molecular weight is 473 g/mol. The molecule has 0 saturated carbocycles. The molecule has 0 saturated heterocycles. The third-order valence-corrected chi connectivity index (χ3v) is 5.85. The van der Waals surface area contributed by atoms with Gasteiger partial charge in [0.1, 0.15) is 24.0 Å². The van der Waals surface area contributed by atoms with Crippen molar-refractivity contribution in [3.05, 3.63) is 112 Å². The Morgan fingerprint density at radius 1 is 0.939 bits per heavy atom. The highest BCUT2D eigenvalue weighted by Gasteiger charge is 2.13. The number of nitrogens with zero attached hydrogens (tertiary/aromatic N) is 1. The summed E-state index contributed by atoms with van der Waals surface area (Å²) in [5.41, 5.74) is 2.07. The number of halogens is 2. The molecule has 4 aromatic carbocycles. The Hall–Kier alpha value is -3.78. The topological polar surface area (TPSA) is 62.1 Å². The van der Waals surface area contributed by atoms with Gasteiger partial charge in [0.2, 0.25) is 0 Å². The molecule has 1 amide bonds. The van der Waals surface area contributed by atoms with E-state index in [2.05, 4.69) is 23.5 Å². The number of benzene rings is 4. The second kappa shape index (κ2) is 10.2. The number of ether oxygens (including phenoxy) is 1. The molecule has 0 heterocycles. The zero-order valence-corrected chi connectivity index (χ0v) is 18.9. The maximum absolute atomic E-state index is 12.5. The number of hydrogen-bond acceptors (Lipinski definition) is 3. The number of carbonyl (C=O) groups excluding carboxylic acids is 1. The summed E-state index contributed by atoms with van der Waals surface area (Å²) in [6, 6.07) is 28.3. The van der Waals surface area contributed by atoms with E-state index >= 15 is 0 Å². The molecule has 6 heteroatoms. The second-order valence-corrected chi connectivity index (χ2v) is 8.01. The molecule has 0 radical (unpaired) electrons. The Bertz CT molecular complexity index is 1380. The van der Waals surface area contributed by atoms with Gasteiger partial charge in [-0.1, -0.05) is 83.9 Å². The van der Waals surface area contributed by atoms with Gasteiger partial charge in [-0.25, -0.2) is 0 Å². The molecule has 0 aliphatic carbocycles. The lowest BCUT2D eigenvalue weighted by atomic mass is 10.1. The van der Waals surface area contributed by atoms with Crippen LogP contribution in [0, 0.1) is 11.3 Å². The van der Waals surface area contributed by atoms with Crippen molar-refractivity contribution in [2.24, 2.45) is 0 Å². The van der Waals surface area contributed by atoms with Crippen LogP contribution in [-0.4, -0.2) is 5.91 Å². The molecule has 1 N–H and O–H groups in total. The van der Waals surface area contributed by atoms with E-state index in [4.69, 9.17) is 27.9 Å². The van der Waals surface area contributed by atoms with E-state index in [1.807, 2.05) is 30.3 Å². The van der Waals surface area contributed by atoms with Crippen LogP contribution in [0.1, 0.15) is 11.1 Å². The summed E-state index contributed by atoms with van der Waals surface area (Å²) < 4.78 is 5.95. The highest BCUT2D eigenvalue weighted by molar-refractivity contribution is 6.44. The summed E-state index contributed by atoms with van der Waals surface area (Å²) in [5, 5.41) is 14.9. The lowest BCUT2D eigenvalue weighted by Gasteiger charge is -2.10. The van der Waals surface area contributed by atoms with Crippen LogP contribution in [0.5, 0.6) is 5.75 Å². The van der Waals surface area contributed by atoms with E-state index in [0.717, 1.165) is 10.9 Å². The minimum absolute atomic E-state index is 0.0598. The van der Waals surface area contributed by atoms with Crippen molar-refractivity contribution in [3.8, 4) is 11.8 Å². The number of carbonyl (C=O) groups is 1. The maximum Gasteiger partial charge on any atom is 0.266 e. The predicted molar refractivity (Wildman–Crippen MR) is 133 cm³/mol. The van der Waals surface area contributed by atoms with Crippen molar-refractivity contribution in [1.29, 1.82) is 5.26 Å². The standard InChI is InChI=1S/C27H18Cl2N2O2/c28-24-9-4-10-25(26(24)29)31-27(32)21(16-30)15-18-11-13-22(14-12-18)33-17-20-7-3-6-19-5-1-2-8-23(19)20/h1-15H,17H2,(H,31,32)/b21-15+. The monoisotopic (exact) mass is 472 g/mol. The minimum Gasteiger partial charge on any atom is -0.489 e. The highest BCUT2D eigenvalue weighted by Crippen LogP contribution is 2.30. The summed E-state index contributed by atoms with van der Waals surface area (Å²) in [4.78, 5) is 12.5. The zero-order chi connectivity index (χ0) is 23.2. The summed E-state index contributed by atoms with van der Waals surface area (Å²) in [7, 11) is 0. The Kier molecular flexibility index (Phi) is 6.95. The number of fused-ring (bicyclic) bond motifs is 1. The zero-order valence-electron chi connectivity index (χ0n) is 17.4. The van der Waals surface area contributed by atoms with Crippen LogP contribution in [-0.2, 0) is 11.4 Å².